The Bertz CT molecular complexity index is 686. The molecular weight excluding hydrogens is 296 g/mol. The van der Waals surface area contributed by atoms with Gasteiger partial charge >= 0.3 is 0 Å². The van der Waals surface area contributed by atoms with Crippen LogP contribution in [0.5, 0.6) is 5.75 Å². The fraction of sp³-hybridized carbons (Fsp3) is 0.250. The largest absolute Gasteiger partial charge is 0.496 e. The van der Waals surface area contributed by atoms with E-state index in [0.29, 0.717) is 11.6 Å². The van der Waals surface area contributed by atoms with Gasteiger partial charge in [-0.15, -0.1) is 10.2 Å². The topological polar surface area (TPSA) is 107 Å². The molecule has 2 rings (SSSR count). The maximum absolute atomic E-state index is 12.2. The summed E-state index contributed by atoms with van der Waals surface area (Å²) in [5.74, 6) is -0.285. The van der Waals surface area contributed by atoms with Crippen LogP contribution >= 0.6 is 11.3 Å². The minimum absolute atomic E-state index is 0.0694. The van der Waals surface area contributed by atoms with Crippen molar-refractivity contribution in [3.8, 4) is 5.75 Å². The number of anilines is 1. The molecule has 0 saturated heterocycles. The Labute approximate surface area is 123 Å². The molecule has 0 aliphatic heterocycles. The first kappa shape index (κ1) is 14.9. The minimum atomic E-state index is -0.573. The van der Waals surface area contributed by atoms with Gasteiger partial charge in [-0.3, -0.25) is 20.2 Å². The quantitative estimate of drug-likeness (QED) is 0.670. The second kappa shape index (κ2) is 6.27. The summed E-state index contributed by atoms with van der Waals surface area (Å²) < 4.78 is 5.05. The number of carbonyl (C=O) groups excluding carboxylic acids is 1. The number of hydrogen-bond acceptors (Lipinski definition) is 7. The molecule has 110 valence electrons. The monoisotopic (exact) mass is 308 g/mol. The molecule has 1 aromatic heterocycles. The molecule has 8 nitrogen and oxygen atoms in total. The van der Waals surface area contributed by atoms with Gasteiger partial charge in [0.1, 0.15) is 10.8 Å². The zero-order chi connectivity index (χ0) is 15.4. The van der Waals surface area contributed by atoms with Crippen molar-refractivity contribution in [2.75, 3.05) is 12.4 Å². The summed E-state index contributed by atoms with van der Waals surface area (Å²) in [6.07, 6.45) is 0.716. The second-order valence-corrected chi connectivity index (χ2v) is 5.01. The molecule has 0 bridgehead atoms. The molecular formula is C12H12N4O4S. The van der Waals surface area contributed by atoms with Crippen molar-refractivity contribution in [1.82, 2.24) is 10.2 Å². The highest BCUT2D eigenvalue weighted by Gasteiger charge is 2.18. The number of aryl methyl sites for hydroxylation is 1. The lowest BCUT2D eigenvalue weighted by atomic mass is 10.1. The number of nitrogens with one attached hydrogen (secondary N) is 1. The molecule has 9 heteroatoms. The smallest absolute Gasteiger partial charge is 0.270 e. The zero-order valence-electron chi connectivity index (χ0n) is 11.3. The highest BCUT2D eigenvalue weighted by molar-refractivity contribution is 7.15. The molecule has 0 spiro atoms. The van der Waals surface area contributed by atoms with E-state index in [9.17, 15) is 14.9 Å². The van der Waals surface area contributed by atoms with Crippen molar-refractivity contribution in [2.24, 2.45) is 0 Å². The minimum Gasteiger partial charge on any atom is -0.496 e. The average Bonchev–Trinajstić information content (AvgIpc) is 2.94. The van der Waals surface area contributed by atoms with Crippen LogP contribution in [0.2, 0.25) is 0 Å². The number of nitro groups is 1. The van der Waals surface area contributed by atoms with E-state index >= 15 is 0 Å². The maximum Gasteiger partial charge on any atom is 0.270 e. The van der Waals surface area contributed by atoms with Crippen LogP contribution in [0, 0.1) is 10.1 Å². The molecule has 0 aliphatic carbocycles. The van der Waals surface area contributed by atoms with Crippen molar-refractivity contribution < 1.29 is 14.5 Å². The molecule has 1 amide bonds. The second-order valence-electron chi connectivity index (χ2n) is 3.95. The number of non-ortho nitro benzene ring substituents is 1. The molecule has 21 heavy (non-hydrogen) atoms. The number of methoxy groups -OCH3 is 1. The number of benzene rings is 1. The van der Waals surface area contributed by atoms with Gasteiger partial charge < -0.3 is 4.74 Å². The summed E-state index contributed by atoms with van der Waals surface area (Å²) in [6.45, 7) is 1.93. The number of carbonyl (C=O) groups is 1. The first-order chi connectivity index (χ1) is 10.0. The maximum atomic E-state index is 12.2. The highest BCUT2D eigenvalue weighted by Crippen LogP contribution is 2.25. The molecule has 1 aromatic carbocycles. The van der Waals surface area contributed by atoms with E-state index < -0.39 is 10.8 Å². The Morgan fingerprint density at radius 1 is 1.48 bits per heavy atom. The van der Waals surface area contributed by atoms with Gasteiger partial charge in [0, 0.05) is 12.1 Å². The number of hydrogen-bond donors (Lipinski definition) is 1. The van der Waals surface area contributed by atoms with Crippen LogP contribution in [0.25, 0.3) is 0 Å². The number of amides is 1. The number of nitrogens with zero attached hydrogens (tertiary/aromatic N) is 3. The van der Waals surface area contributed by atoms with Crippen LogP contribution in [0.4, 0.5) is 10.8 Å². The molecule has 0 radical (unpaired) electrons. The summed E-state index contributed by atoms with van der Waals surface area (Å²) in [7, 11) is 1.39. The third-order valence-corrected chi connectivity index (χ3v) is 3.61. The van der Waals surface area contributed by atoms with Crippen LogP contribution in [0.3, 0.4) is 0 Å². The summed E-state index contributed by atoms with van der Waals surface area (Å²) in [6, 6.07) is 3.82. The highest BCUT2D eigenvalue weighted by atomic mass is 32.1. The van der Waals surface area contributed by atoms with Gasteiger partial charge in [0.25, 0.3) is 11.6 Å². The molecule has 0 saturated carbocycles. The fourth-order valence-electron chi connectivity index (χ4n) is 1.60. The van der Waals surface area contributed by atoms with Crippen LogP contribution in [-0.4, -0.2) is 28.1 Å². The standard InChI is InChI=1S/C12H12N4O4S/c1-3-10-14-15-12(21-10)13-11(17)8-6-7(16(18)19)4-5-9(8)20-2/h4-6H,3H2,1-2H3,(H,13,15,17). The number of ether oxygens (including phenoxy) is 1. The Balaban J connectivity index is 2.28. The molecule has 1 heterocycles. The van der Waals surface area contributed by atoms with Crippen LogP contribution in [-0.2, 0) is 6.42 Å². The average molecular weight is 308 g/mol. The SMILES string of the molecule is CCc1nnc(NC(=O)c2cc([N+](=O)[O-])ccc2OC)s1. The van der Waals surface area contributed by atoms with Crippen molar-refractivity contribution in [3.05, 3.63) is 38.9 Å². The Morgan fingerprint density at radius 2 is 2.24 bits per heavy atom. The van der Waals surface area contributed by atoms with E-state index in [1.54, 1.807) is 0 Å². The molecule has 0 aliphatic rings. The molecule has 2 aromatic rings. The predicted molar refractivity (Wildman–Crippen MR) is 76.9 cm³/mol. The number of aromatic nitrogens is 2. The van der Waals surface area contributed by atoms with Gasteiger partial charge in [-0.25, -0.2) is 0 Å². The number of rotatable bonds is 5. The Kier molecular flexibility index (Phi) is 4.43. The van der Waals surface area contributed by atoms with E-state index in [0.717, 1.165) is 11.1 Å². The third-order valence-electron chi connectivity index (χ3n) is 2.63. The Hall–Kier alpha value is -2.55. The Morgan fingerprint density at radius 3 is 2.81 bits per heavy atom. The van der Waals surface area contributed by atoms with Crippen molar-refractivity contribution in [2.45, 2.75) is 13.3 Å². The summed E-state index contributed by atoms with van der Waals surface area (Å²) in [5.41, 5.74) is -0.118. The fourth-order valence-corrected chi connectivity index (χ4v) is 2.27. The first-order valence-corrected chi connectivity index (χ1v) is 6.83. The lowest BCUT2D eigenvalue weighted by Crippen LogP contribution is -2.13. The lowest BCUT2D eigenvalue weighted by molar-refractivity contribution is -0.384. The number of nitro benzene ring substituents is 1. The van der Waals surface area contributed by atoms with Crippen LogP contribution in [0.15, 0.2) is 18.2 Å². The summed E-state index contributed by atoms with van der Waals surface area (Å²) in [5, 5.41) is 22.2. The van der Waals surface area contributed by atoms with E-state index in [-0.39, 0.29) is 17.0 Å². The lowest BCUT2D eigenvalue weighted by Gasteiger charge is -2.07. The normalized spacial score (nSPS) is 10.2. The van der Waals surface area contributed by atoms with Gasteiger partial charge in [0.05, 0.1) is 17.6 Å². The van der Waals surface area contributed by atoms with Crippen molar-refractivity contribution >= 4 is 28.1 Å². The van der Waals surface area contributed by atoms with Gasteiger partial charge in [-0.05, 0) is 12.5 Å². The molecule has 1 N–H and O–H groups in total. The van der Waals surface area contributed by atoms with Gasteiger partial charge in [-0.1, -0.05) is 18.3 Å². The van der Waals surface area contributed by atoms with Gasteiger partial charge in [0.15, 0.2) is 0 Å². The summed E-state index contributed by atoms with van der Waals surface area (Å²) in [4.78, 5) is 22.4. The van der Waals surface area contributed by atoms with Gasteiger partial charge in [-0.2, -0.15) is 0 Å². The molecule has 0 atom stereocenters. The van der Waals surface area contributed by atoms with Gasteiger partial charge in [0.2, 0.25) is 5.13 Å². The molecule has 0 unspecified atom stereocenters. The first-order valence-electron chi connectivity index (χ1n) is 6.01. The van der Waals surface area contributed by atoms with E-state index in [1.165, 1.54) is 30.6 Å². The third kappa shape index (κ3) is 3.31. The van der Waals surface area contributed by atoms with E-state index in [1.807, 2.05) is 6.92 Å². The van der Waals surface area contributed by atoms with Crippen LogP contribution < -0.4 is 10.1 Å². The zero-order valence-corrected chi connectivity index (χ0v) is 12.1. The van der Waals surface area contributed by atoms with Crippen molar-refractivity contribution in [1.29, 1.82) is 0 Å². The van der Waals surface area contributed by atoms with E-state index in [2.05, 4.69) is 15.5 Å². The van der Waals surface area contributed by atoms with Crippen molar-refractivity contribution in [3.63, 3.8) is 0 Å². The summed E-state index contributed by atoms with van der Waals surface area (Å²) >= 11 is 1.25. The predicted octanol–water partition coefficient (Wildman–Crippen LogP) is 2.27. The molecule has 0 fully saturated rings. The van der Waals surface area contributed by atoms with Crippen LogP contribution in [0.1, 0.15) is 22.3 Å². The van der Waals surface area contributed by atoms with E-state index in [4.69, 9.17) is 4.74 Å².